The van der Waals surface area contributed by atoms with Crippen LogP contribution in [0.2, 0.25) is 0 Å². The first-order valence-corrected chi connectivity index (χ1v) is 19.6. The summed E-state index contributed by atoms with van der Waals surface area (Å²) in [6.07, 6.45) is -3.24. The fraction of sp³-hybridized carbons (Fsp3) is 0.341. The quantitative estimate of drug-likeness (QED) is 0.144. The summed E-state index contributed by atoms with van der Waals surface area (Å²) in [4.78, 5) is 67.5. The van der Waals surface area contributed by atoms with Crippen LogP contribution in [-0.4, -0.2) is 111 Å². The highest BCUT2D eigenvalue weighted by atomic mass is 19.3. The second-order valence-electron chi connectivity index (χ2n) is 15.8. The van der Waals surface area contributed by atoms with Crippen molar-refractivity contribution in [2.75, 3.05) is 75.5 Å². The number of para-hydroxylation sites is 2. The van der Waals surface area contributed by atoms with Gasteiger partial charge in [0.05, 0.1) is 63.4 Å². The van der Waals surface area contributed by atoms with Gasteiger partial charge in [-0.1, -0.05) is 60.7 Å². The Morgan fingerprint density at radius 1 is 0.639 bits per heavy atom. The van der Waals surface area contributed by atoms with Crippen LogP contribution in [-0.2, 0) is 27.4 Å². The Morgan fingerprint density at radius 2 is 1.05 bits per heavy atom. The third kappa shape index (κ3) is 9.58. The summed E-state index contributed by atoms with van der Waals surface area (Å²) < 4.78 is 64.5. The van der Waals surface area contributed by atoms with Crippen LogP contribution in [0.15, 0.2) is 97.1 Å². The second kappa shape index (κ2) is 18.2. The van der Waals surface area contributed by atoms with E-state index in [-0.39, 0.29) is 65.0 Å². The molecule has 0 atom stereocenters. The summed E-state index contributed by atoms with van der Waals surface area (Å²) in [5.74, 6) is -3.85. The summed E-state index contributed by atoms with van der Waals surface area (Å²) in [5.41, 5.74) is 7.46. The van der Waals surface area contributed by atoms with Crippen LogP contribution in [0, 0.1) is 22.5 Å². The van der Waals surface area contributed by atoms with Gasteiger partial charge in [0.2, 0.25) is 0 Å². The molecule has 4 fully saturated rings. The molecule has 13 nitrogen and oxygen atoms in total. The standard InChI is InChI=1S/C23H22F3N3O4.C21H22FN3O3/c24-18-8-15(19(30)9-27-21(31)20(25)26)6-7-16(18)10-29(17-4-2-1-3-5-17)22(32)28-11-23(12-28)13-33-14-23;22-18-8-15(19(26)9-23)6-7-16(18)10-25(17-4-2-1-3-5-17)20(27)24-11-21(12-24)13-28-14-21/h1-8,20H,9-14H2,(H,27,31);1-8H,9-14,23H2. The van der Waals surface area contributed by atoms with E-state index in [1.807, 2.05) is 36.4 Å². The van der Waals surface area contributed by atoms with Crippen molar-refractivity contribution in [3.8, 4) is 0 Å². The molecule has 3 N–H and O–H groups in total. The van der Waals surface area contributed by atoms with Gasteiger partial charge in [0.15, 0.2) is 11.6 Å². The van der Waals surface area contributed by atoms with Crippen molar-refractivity contribution in [3.05, 3.63) is 131 Å². The molecule has 0 saturated carbocycles. The van der Waals surface area contributed by atoms with E-state index in [0.29, 0.717) is 69.5 Å². The minimum absolute atomic E-state index is 0.0328. The summed E-state index contributed by atoms with van der Waals surface area (Å²) in [7, 11) is 0. The molecular formula is C44H44F4N6O7. The number of benzene rings is 4. The maximum Gasteiger partial charge on any atom is 0.324 e. The van der Waals surface area contributed by atoms with E-state index in [4.69, 9.17) is 15.2 Å². The molecule has 4 saturated heterocycles. The average molecular weight is 845 g/mol. The Hall–Kier alpha value is -6.17. The van der Waals surface area contributed by atoms with Crippen molar-refractivity contribution in [1.29, 1.82) is 0 Å². The van der Waals surface area contributed by atoms with Gasteiger partial charge in [-0.05, 0) is 36.4 Å². The summed E-state index contributed by atoms with van der Waals surface area (Å²) in [6, 6.07) is 25.6. The molecule has 17 heteroatoms. The third-order valence-corrected chi connectivity index (χ3v) is 11.1. The highest BCUT2D eigenvalue weighted by Crippen LogP contribution is 2.40. The lowest BCUT2D eigenvalue weighted by Crippen LogP contribution is -2.68. The number of hydrogen-bond acceptors (Lipinski definition) is 8. The zero-order valence-electron chi connectivity index (χ0n) is 33.0. The Kier molecular flexibility index (Phi) is 12.8. The van der Waals surface area contributed by atoms with E-state index in [2.05, 4.69) is 0 Å². The number of anilines is 2. The molecule has 2 spiro atoms. The Labute approximate surface area is 349 Å². The molecule has 4 aliphatic rings. The van der Waals surface area contributed by atoms with Crippen molar-refractivity contribution in [2.24, 2.45) is 16.6 Å². The number of urea groups is 2. The lowest BCUT2D eigenvalue weighted by Gasteiger charge is -2.55. The van der Waals surface area contributed by atoms with E-state index in [1.54, 1.807) is 56.4 Å². The van der Waals surface area contributed by atoms with Crippen molar-refractivity contribution in [3.63, 3.8) is 0 Å². The summed E-state index contributed by atoms with van der Waals surface area (Å²) in [5, 5.41) is 1.80. The highest BCUT2D eigenvalue weighted by Gasteiger charge is 2.52. The van der Waals surface area contributed by atoms with Crippen LogP contribution in [0.5, 0.6) is 0 Å². The molecule has 4 aromatic carbocycles. The zero-order chi connectivity index (χ0) is 43.3. The largest absolute Gasteiger partial charge is 0.380 e. The van der Waals surface area contributed by atoms with Gasteiger partial charge in [-0.15, -0.1) is 0 Å². The minimum Gasteiger partial charge on any atom is -0.380 e. The molecule has 61 heavy (non-hydrogen) atoms. The molecule has 8 rings (SSSR count). The second-order valence-corrected chi connectivity index (χ2v) is 15.8. The number of hydrogen-bond donors (Lipinski definition) is 2. The number of nitrogens with two attached hydrogens (primary N) is 1. The number of alkyl halides is 2. The van der Waals surface area contributed by atoms with Crippen LogP contribution >= 0.6 is 0 Å². The number of ether oxygens (including phenoxy) is 2. The van der Waals surface area contributed by atoms with E-state index >= 15 is 0 Å². The zero-order valence-corrected chi connectivity index (χ0v) is 33.0. The fourth-order valence-electron chi connectivity index (χ4n) is 7.54. The Morgan fingerprint density at radius 3 is 1.39 bits per heavy atom. The van der Waals surface area contributed by atoms with Crippen molar-refractivity contribution in [1.82, 2.24) is 15.1 Å². The number of rotatable bonds is 12. The number of halogens is 4. The molecular weight excluding hydrogens is 801 g/mol. The normalized spacial score (nSPS) is 16.6. The molecule has 0 aliphatic carbocycles. The molecule has 4 aromatic rings. The van der Waals surface area contributed by atoms with Gasteiger partial charge in [-0.2, -0.15) is 8.78 Å². The number of Topliss-reactive ketones (excluding diaryl/α,β-unsaturated/α-hetero) is 2. The van der Waals surface area contributed by atoms with Crippen molar-refractivity contribution in [2.45, 2.75) is 19.5 Å². The van der Waals surface area contributed by atoms with Crippen LogP contribution in [0.3, 0.4) is 0 Å². The first-order valence-electron chi connectivity index (χ1n) is 19.6. The van der Waals surface area contributed by atoms with Gasteiger partial charge in [0.25, 0.3) is 5.91 Å². The lowest BCUT2D eigenvalue weighted by atomic mass is 9.78. The van der Waals surface area contributed by atoms with Crippen LogP contribution in [0.1, 0.15) is 31.8 Å². The van der Waals surface area contributed by atoms with E-state index in [9.17, 15) is 41.5 Å². The highest BCUT2D eigenvalue weighted by molar-refractivity contribution is 6.00. The van der Waals surface area contributed by atoms with Crippen LogP contribution < -0.4 is 20.9 Å². The first-order chi connectivity index (χ1) is 29.3. The summed E-state index contributed by atoms with van der Waals surface area (Å²) in [6.45, 7) is 4.27. The van der Waals surface area contributed by atoms with Crippen molar-refractivity contribution < 1.29 is 51.0 Å². The Bertz CT molecular complexity index is 2260. The minimum atomic E-state index is -3.24. The number of ketones is 2. The lowest BCUT2D eigenvalue weighted by molar-refractivity contribution is -0.174. The number of likely N-dealkylation sites (tertiary alicyclic amines) is 2. The number of nitrogens with one attached hydrogen (secondary N) is 1. The van der Waals surface area contributed by atoms with Gasteiger partial charge in [0.1, 0.15) is 11.6 Å². The monoisotopic (exact) mass is 844 g/mol. The summed E-state index contributed by atoms with van der Waals surface area (Å²) >= 11 is 0. The fourth-order valence-corrected chi connectivity index (χ4v) is 7.54. The van der Waals surface area contributed by atoms with Crippen LogP contribution in [0.25, 0.3) is 0 Å². The van der Waals surface area contributed by atoms with Gasteiger partial charge in [-0.3, -0.25) is 24.2 Å². The average Bonchev–Trinajstić information content (AvgIpc) is 3.20. The third-order valence-electron chi connectivity index (χ3n) is 11.1. The maximum absolute atomic E-state index is 14.8. The molecule has 0 bridgehead atoms. The topological polar surface area (TPSA) is 155 Å². The van der Waals surface area contributed by atoms with Gasteiger partial charge in [-0.25, -0.2) is 18.4 Å². The smallest absolute Gasteiger partial charge is 0.324 e. The van der Waals surface area contributed by atoms with E-state index < -0.39 is 36.3 Å². The van der Waals surface area contributed by atoms with Gasteiger partial charge < -0.3 is 30.3 Å². The SMILES string of the molecule is NCC(=O)c1ccc(CN(C(=O)N2CC3(COC3)C2)c2ccccc2)c(F)c1.O=C(CNC(=O)C(F)F)c1ccc(CN(C(=O)N2CC3(COC3)C2)c2ccccc2)c(F)c1. The Balaban J connectivity index is 0.000000186. The van der Waals surface area contributed by atoms with E-state index in [1.165, 1.54) is 23.1 Å². The molecule has 5 amide bonds. The molecule has 0 aromatic heterocycles. The predicted molar refractivity (Wildman–Crippen MR) is 215 cm³/mol. The van der Waals surface area contributed by atoms with Crippen molar-refractivity contribution >= 4 is 40.9 Å². The molecule has 0 radical (unpaired) electrons. The van der Waals surface area contributed by atoms with Gasteiger partial charge >= 0.3 is 18.5 Å². The van der Waals surface area contributed by atoms with Gasteiger partial charge in [0, 0.05) is 59.8 Å². The predicted octanol–water partition coefficient (Wildman–Crippen LogP) is 5.27. The maximum atomic E-state index is 14.8. The van der Waals surface area contributed by atoms with E-state index in [0.717, 1.165) is 6.07 Å². The number of nitrogens with zero attached hydrogens (tertiary/aromatic N) is 4. The van der Waals surface area contributed by atoms with Crippen LogP contribution in [0.4, 0.5) is 38.5 Å². The molecule has 0 unspecified atom stereocenters. The molecule has 4 heterocycles. The molecule has 4 aliphatic heterocycles. The number of carbonyl (C=O) groups is 5. The number of amides is 5. The first kappa shape index (κ1) is 42.9. The number of carbonyl (C=O) groups excluding carboxylic acids is 5. The molecule has 320 valence electrons.